The maximum Gasteiger partial charge on any atom is 0.332 e. The lowest BCUT2D eigenvalue weighted by Gasteiger charge is -2.31. The van der Waals surface area contributed by atoms with Crippen molar-refractivity contribution in [2.45, 2.75) is 32.2 Å². The second-order valence-electron chi connectivity index (χ2n) is 8.27. The van der Waals surface area contributed by atoms with Crippen molar-refractivity contribution in [3.8, 4) is 0 Å². The molecule has 0 fully saturated rings. The number of carbonyl (C=O) groups is 1. The highest BCUT2D eigenvalue weighted by molar-refractivity contribution is 7.07. The minimum Gasteiger partial charge on any atom is -0.463 e. The largest absolute Gasteiger partial charge is 0.463 e. The number of hydrogen-bond acceptors (Lipinski definition) is 5. The summed E-state index contributed by atoms with van der Waals surface area (Å²) >= 11 is 14.3. The van der Waals surface area contributed by atoms with Gasteiger partial charge in [0, 0.05) is 16.1 Å². The van der Waals surface area contributed by atoms with Gasteiger partial charge in [0.05, 0.1) is 18.3 Å². The summed E-state index contributed by atoms with van der Waals surface area (Å²) in [5.74, 6) is -0.546. The minimum atomic E-state index is -0.546. The van der Waals surface area contributed by atoms with Gasteiger partial charge in [-0.25, -0.2) is 9.79 Å². The summed E-state index contributed by atoms with van der Waals surface area (Å²) in [5, 5.41) is 1.25. The summed E-state index contributed by atoms with van der Waals surface area (Å²) in [6.07, 6.45) is 5.88. The zero-order chi connectivity index (χ0) is 24.5. The van der Waals surface area contributed by atoms with Crippen LogP contribution in [0.3, 0.4) is 0 Å². The van der Waals surface area contributed by atoms with E-state index >= 15 is 0 Å². The van der Waals surface area contributed by atoms with Crippen LogP contribution in [0.15, 0.2) is 75.2 Å². The van der Waals surface area contributed by atoms with Crippen molar-refractivity contribution < 1.29 is 9.53 Å². The van der Waals surface area contributed by atoms with Crippen molar-refractivity contribution in [3.63, 3.8) is 0 Å². The molecule has 1 unspecified atom stereocenters. The second kappa shape index (κ2) is 9.97. The average Bonchev–Trinajstić information content (AvgIpc) is 3.15. The number of aromatic nitrogens is 1. The van der Waals surface area contributed by atoms with Crippen LogP contribution in [0.2, 0.25) is 10.0 Å². The van der Waals surface area contributed by atoms with E-state index in [1.165, 1.54) is 17.4 Å². The molecule has 1 aromatic heterocycles. The van der Waals surface area contributed by atoms with Crippen molar-refractivity contribution in [3.05, 3.63) is 106 Å². The zero-order valence-electron chi connectivity index (χ0n) is 19.0. The first-order chi connectivity index (χ1) is 17.0. The van der Waals surface area contributed by atoms with Crippen LogP contribution >= 0.6 is 34.5 Å². The smallest absolute Gasteiger partial charge is 0.332 e. The van der Waals surface area contributed by atoms with Gasteiger partial charge in [-0.2, -0.15) is 0 Å². The molecular formula is C27H22Cl2N2O3S. The highest BCUT2D eigenvalue weighted by Crippen LogP contribution is 2.42. The lowest BCUT2D eigenvalue weighted by Crippen LogP contribution is -2.39. The first kappa shape index (κ1) is 23.8. The summed E-state index contributed by atoms with van der Waals surface area (Å²) in [4.78, 5) is 31.1. The van der Waals surface area contributed by atoms with E-state index in [4.69, 9.17) is 32.9 Å². The zero-order valence-corrected chi connectivity index (χ0v) is 21.3. The predicted octanol–water partition coefficient (Wildman–Crippen LogP) is 5.30. The lowest BCUT2D eigenvalue weighted by atomic mass is 9.84. The maximum atomic E-state index is 13.5. The van der Waals surface area contributed by atoms with Gasteiger partial charge in [0.25, 0.3) is 5.56 Å². The molecule has 1 aliphatic heterocycles. The second-order valence-corrected chi connectivity index (χ2v) is 10.1. The van der Waals surface area contributed by atoms with Crippen molar-refractivity contribution in [2.24, 2.45) is 4.99 Å². The number of esters is 1. The Morgan fingerprint density at radius 2 is 1.89 bits per heavy atom. The Morgan fingerprint density at radius 1 is 1.14 bits per heavy atom. The van der Waals surface area contributed by atoms with E-state index in [0.29, 0.717) is 14.8 Å². The average molecular weight is 525 g/mol. The molecule has 2 heterocycles. The van der Waals surface area contributed by atoms with Gasteiger partial charge in [-0.1, -0.05) is 70.9 Å². The van der Waals surface area contributed by atoms with E-state index in [0.717, 1.165) is 47.2 Å². The topological polar surface area (TPSA) is 60.7 Å². The molecule has 5 rings (SSSR count). The van der Waals surface area contributed by atoms with Gasteiger partial charge >= 0.3 is 5.97 Å². The van der Waals surface area contributed by atoms with Gasteiger partial charge in [-0.05, 0) is 66.7 Å². The number of fused-ring (bicyclic) bond motifs is 1. The Labute approximate surface area is 216 Å². The lowest BCUT2D eigenvalue weighted by molar-refractivity contribution is -0.135. The Morgan fingerprint density at radius 3 is 2.63 bits per heavy atom. The first-order valence-electron chi connectivity index (χ1n) is 11.4. The van der Waals surface area contributed by atoms with Crippen LogP contribution in [0.5, 0.6) is 0 Å². The SMILES string of the molecule is CCOC(=O)C=c1sc2n(c1=O)C(c1ccccc1Cl)C1=C(N=2)C(=Cc2ccccc2Cl)CCC1. The quantitative estimate of drug-likeness (QED) is 0.434. The first-order valence-corrected chi connectivity index (χ1v) is 13.0. The Kier molecular flexibility index (Phi) is 6.78. The number of thiazole rings is 1. The van der Waals surface area contributed by atoms with Gasteiger partial charge in [-0.3, -0.25) is 9.36 Å². The monoisotopic (exact) mass is 524 g/mol. The van der Waals surface area contributed by atoms with Crippen molar-refractivity contribution in [1.29, 1.82) is 0 Å². The summed E-state index contributed by atoms with van der Waals surface area (Å²) in [5.41, 5.74) is 4.45. The van der Waals surface area contributed by atoms with Crippen LogP contribution in [0.1, 0.15) is 43.4 Å². The summed E-state index contributed by atoms with van der Waals surface area (Å²) in [7, 11) is 0. The molecule has 178 valence electrons. The van der Waals surface area contributed by atoms with Gasteiger partial charge in [0.1, 0.15) is 4.53 Å². The summed E-state index contributed by atoms with van der Waals surface area (Å²) in [6.45, 7) is 1.96. The molecule has 0 saturated carbocycles. The van der Waals surface area contributed by atoms with Crippen LogP contribution < -0.4 is 14.9 Å². The molecule has 3 aromatic rings. The number of ether oxygens (including phenoxy) is 1. The summed E-state index contributed by atoms with van der Waals surface area (Å²) < 4.78 is 6.98. The summed E-state index contributed by atoms with van der Waals surface area (Å²) in [6, 6.07) is 14.8. The van der Waals surface area contributed by atoms with Crippen molar-refractivity contribution in [1.82, 2.24) is 4.57 Å². The number of halogens is 2. The highest BCUT2D eigenvalue weighted by Gasteiger charge is 2.33. The predicted molar refractivity (Wildman–Crippen MR) is 140 cm³/mol. The van der Waals surface area contributed by atoms with Gasteiger partial charge in [-0.15, -0.1) is 0 Å². The van der Waals surface area contributed by atoms with Crippen molar-refractivity contribution >= 4 is 52.7 Å². The Balaban J connectivity index is 1.77. The normalized spacial score (nSPS) is 18.8. The van der Waals surface area contributed by atoms with Gasteiger partial charge in [0.2, 0.25) is 0 Å². The third kappa shape index (κ3) is 4.54. The molecule has 5 nitrogen and oxygen atoms in total. The van der Waals surface area contributed by atoms with E-state index < -0.39 is 12.0 Å². The molecular weight excluding hydrogens is 503 g/mol. The molecule has 0 spiro atoms. The fourth-order valence-corrected chi connectivity index (χ4v) is 5.99. The molecule has 1 atom stereocenters. The van der Waals surface area contributed by atoms with Gasteiger partial charge < -0.3 is 4.74 Å². The van der Waals surface area contributed by atoms with E-state index in [9.17, 15) is 9.59 Å². The van der Waals surface area contributed by atoms with E-state index in [1.54, 1.807) is 11.5 Å². The minimum absolute atomic E-state index is 0.237. The molecule has 8 heteroatoms. The number of nitrogens with zero attached hydrogens (tertiary/aromatic N) is 2. The van der Waals surface area contributed by atoms with Crippen LogP contribution in [-0.2, 0) is 9.53 Å². The molecule has 2 aliphatic rings. The number of carbonyl (C=O) groups excluding carboxylic acids is 1. The molecule has 2 aromatic carbocycles. The van der Waals surface area contributed by atoms with E-state index in [1.807, 2.05) is 48.5 Å². The fraction of sp³-hybridized carbons (Fsp3) is 0.222. The maximum absolute atomic E-state index is 13.5. The van der Waals surface area contributed by atoms with Crippen LogP contribution in [0.4, 0.5) is 0 Å². The highest BCUT2D eigenvalue weighted by atomic mass is 35.5. The van der Waals surface area contributed by atoms with Crippen molar-refractivity contribution in [2.75, 3.05) is 6.61 Å². The van der Waals surface area contributed by atoms with E-state index in [-0.39, 0.29) is 16.7 Å². The molecule has 0 radical (unpaired) electrons. The Bertz CT molecular complexity index is 1570. The molecule has 0 saturated heterocycles. The molecule has 35 heavy (non-hydrogen) atoms. The Hall–Kier alpha value is -2.93. The van der Waals surface area contributed by atoms with Crippen LogP contribution in [-0.4, -0.2) is 17.1 Å². The number of allylic oxidation sites excluding steroid dienone is 2. The number of rotatable bonds is 4. The molecule has 1 aliphatic carbocycles. The number of benzene rings is 2. The third-order valence-corrected chi connectivity index (χ3v) is 7.77. The fourth-order valence-electron chi connectivity index (χ4n) is 4.60. The standard InChI is InChI=1S/C27H22Cl2N2O3S/c1-2-34-23(32)15-22-26(33)31-25(18-10-4-6-13-21(18)29)19-11-7-9-17(24(19)30-27(31)35-22)14-16-8-3-5-12-20(16)28/h3-6,8,10,12-15,25H,2,7,9,11H2,1H3. The number of hydrogen-bond donors (Lipinski definition) is 0. The van der Waals surface area contributed by atoms with Gasteiger partial charge in [0.15, 0.2) is 4.80 Å². The molecule has 0 amide bonds. The van der Waals surface area contributed by atoms with E-state index in [2.05, 4.69) is 6.08 Å². The van der Waals surface area contributed by atoms with Crippen LogP contribution in [0, 0.1) is 0 Å². The molecule has 0 N–H and O–H groups in total. The molecule has 0 bridgehead atoms. The third-order valence-electron chi connectivity index (χ3n) is 6.10. The van der Waals surface area contributed by atoms with Crippen LogP contribution in [0.25, 0.3) is 12.2 Å².